The highest BCUT2D eigenvalue weighted by atomic mass is 79.9. The molecule has 0 radical (unpaired) electrons. The lowest BCUT2D eigenvalue weighted by Crippen LogP contribution is -2.18. The van der Waals surface area contributed by atoms with Crippen molar-refractivity contribution < 1.29 is 4.79 Å². The Morgan fingerprint density at radius 2 is 2.44 bits per heavy atom. The second-order valence-electron chi connectivity index (χ2n) is 4.41. The fraction of sp³-hybridized carbons (Fsp3) is 0.385. The summed E-state index contributed by atoms with van der Waals surface area (Å²) in [6.07, 6.45) is 1.55. The maximum atomic E-state index is 11.9. The summed E-state index contributed by atoms with van der Waals surface area (Å²) in [5, 5.41) is 15.0. The van der Waals surface area contributed by atoms with Gasteiger partial charge in [-0.3, -0.25) is 4.79 Å². The molecule has 1 fully saturated rings. The SMILES string of the molecule is N#Cc1cc(Br)ccc1NC(=O)CC1CCNC1. The third kappa shape index (κ3) is 3.31. The molecule has 0 aliphatic carbocycles. The van der Waals surface area contributed by atoms with E-state index in [1.54, 1.807) is 12.1 Å². The van der Waals surface area contributed by atoms with E-state index in [0.717, 1.165) is 24.0 Å². The average Bonchev–Trinajstić information content (AvgIpc) is 2.84. The van der Waals surface area contributed by atoms with Crippen LogP contribution in [-0.2, 0) is 4.79 Å². The average molecular weight is 308 g/mol. The second kappa shape index (κ2) is 5.98. The van der Waals surface area contributed by atoms with E-state index in [0.29, 0.717) is 23.6 Å². The van der Waals surface area contributed by atoms with E-state index >= 15 is 0 Å². The zero-order valence-electron chi connectivity index (χ0n) is 9.87. The normalized spacial score (nSPS) is 18.3. The molecule has 1 heterocycles. The van der Waals surface area contributed by atoms with Gasteiger partial charge in [0.05, 0.1) is 11.3 Å². The summed E-state index contributed by atoms with van der Waals surface area (Å²) in [5.74, 6) is 0.383. The molecule has 1 aliphatic rings. The van der Waals surface area contributed by atoms with Crippen LogP contribution in [-0.4, -0.2) is 19.0 Å². The monoisotopic (exact) mass is 307 g/mol. The van der Waals surface area contributed by atoms with Crippen molar-refractivity contribution in [3.05, 3.63) is 28.2 Å². The highest BCUT2D eigenvalue weighted by Crippen LogP contribution is 2.21. The van der Waals surface area contributed by atoms with Gasteiger partial charge in [0.15, 0.2) is 0 Å². The molecule has 0 bridgehead atoms. The number of benzene rings is 1. The molecule has 1 saturated heterocycles. The van der Waals surface area contributed by atoms with Crippen molar-refractivity contribution in [2.75, 3.05) is 18.4 Å². The Morgan fingerprint density at radius 1 is 1.61 bits per heavy atom. The van der Waals surface area contributed by atoms with Crippen molar-refractivity contribution in [2.24, 2.45) is 5.92 Å². The van der Waals surface area contributed by atoms with Gasteiger partial charge in [0.1, 0.15) is 6.07 Å². The maximum Gasteiger partial charge on any atom is 0.224 e. The summed E-state index contributed by atoms with van der Waals surface area (Å²) in [4.78, 5) is 11.9. The Labute approximate surface area is 115 Å². The number of nitrogens with one attached hydrogen (secondary N) is 2. The minimum atomic E-state index is -0.0254. The zero-order valence-corrected chi connectivity index (χ0v) is 11.5. The van der Waals surface area contributed by atoms with Gasteiger partial charge in [0, 0.05) is 10.9 Å². The van der Waals surface area contributed by atoms with Gasteiger partial charge in [-0.25, -0.2) is 0 Å². The summed E-state index contributed by atoms with van der Waals surface area (Å²) < 4.78 is 0.831. The van der Waals surface area contributed by atoms with Crippen LogP contribution in [0.1, 0.15) is 18.4 Å². The first-order valence-electron chi connectivity index (χ1n) is 5.89. The van der Waals surface area contributed by atoms with E-state index in [1.165, 1.54) is 0 Å². The highest BCUT2D eigenvalue weighted by molar-refractivity contribution is 9.10. The van der Waals surface area contributed by atoms with Gasteiger partial charge >= 0.3 is 0 Å². The van der Waals surface area contributed by atoms with E-state index in [2.05, 4.69) is 32.6 Å². The van der Waals surface area contributed by atoms with Crippen LogP contribution in [0.2, 0.25) is 0 Å². The number of hydrogen-bond acceptors (Lipinski definition) is 3. The molecule has 1 aliphatic heterocycles. The molecule has 0 spiro atoms. The Bertz CT molecular complexity index is 489. The molecule has 1 atom stereocenters. The number of rotatable bonds is 3. The summed E-state index contributed by atoms with van der Waals surface area (Å²) >= 11 is 3.30. The van der Waals surface area contributed by atoms with E-state index < -0.39 is 0 Å². The topological polar surface area (TPSA) is 64.9 Å². The van der Waals surface area contributed by atoms with Gasteiger partial charge < -0.3 is 10.6 Å². The molecule has 0 aromatic heterocycles. The fourth-order valence-electron chi connectivity index (χ4n) is 2.07. The molecule has 5 heteroatoms. The van der Waals surface area contributed by atoms with Crippen LogP contribution >= 0.6 is 15.9 Å². The van der Waals surface area contributed by atoms with Gasteiger partial charge in [-0.05, 0) is 43.6 Å². The number of carbonyl (C=O) groups excluding carboxylic acids is 1. The number of amides is 1. The number of hydrogen-bond donors (Lipinski definition) is 2. The molecule has 1 unspecified atom stereocenters. The lowest BCUT2D eigenvalue weighted by molar-refractivity contribution is -0.116. The minimum Gasteiger partial charge on any atom is -0.325 e. The third-order valence-corrected chi connectivity index (χ3v) is 3.51. The molecule has 18 heavy (non-hydrogen) atoms. The van der Waals surface area contributed by atoms with Crippen LogP contribution in [0.3, 0.4) is 0 Å². The van der Waals surface area contributed by atoms with Gasteiger partial charge in [-0.1, -0.05) is 15.9 Å². The van der Waals surface area contributed by atoms with Crippen LogP contribution in [0.15, 0.2) is 22.7 Å². The number of nitriles is 1. The second-order valence-corrected chi connectivity index (χ2v) is 5.33. The van der Waals surface area contributed by atoms with Gasteiger partial charge in [-0.15, -0.1) is 0 Å². The van der Waals surface area contributed by atoms with Crippen molar-refractivity contribution in [3.8, 4) is 6.07 Å². The Hall–Kier alpha value is -1.38. The number of anilines is 1. The first kappa shape index (κ1) is 13.1. The summed E-state index contributed by atoms with van der Waals surface area (Å²) in [7, 11) is 0. The lowest BCUT2D eigenvalue weighted by atomic mass is 10.0. The first-order chi connectivity index (χ1) is 8.69. The molecule has 1 amide bonds. The largest absolute Gasteiger partial charge is 0.325 e. The Kier molecular flexibility index (Phi) is 4.34. The van der Waals surface area contributed by atoms with Crippen molar-refractivity contribution in [3.63, 3.8) is 0 Å². The number of halogens is 1. The molecule has 2 N–H and O–H groups in total. The van der Waals surface area contributed by atoms with Crippen LogP contribution in [0.4, 0.5) is 5.69 Å². The summed E-state index contributed by atoms with van der Waals surface area (Å²) in [5.41, 5.74) is 1.05. The van der Waals surface area contributed by atoms with E-state index in [9.17, 15) is 4.79 Å². The van der Waals surface area contributed by atoms with Crippen molar-refractivity contribution in [1.82, 2.24) is 5.32 Å². The predicted octanol–water partition coefficient (Wildman–Crippen LogP) is 2.26. The van der Waals surface area contributed by atoms with Crippen LogP contribution in [0.25, 0.3) is 0 Å². The van der Waals surface area contributed by atoms with E-state index in [-0.39, 0.29) is 5.91 Å². The Morgan fingerprint density at radius 3 is 3.11 bits per heavy atom. The van der Waals surface area contributed by atoms with Gasteiger partial charge in [-0.2, -0.15) is 5.26 Å². The quantitative estimate of drug-likeness (QED) is 0.900. The minimum absolute atomic E-state index is 0.0254. The van der Waals surface area contributed by atoms with Gasteiger partial charge in [0.2, 0.25) is 5.91 Å². The number of nitrogens with zero attached hydrogens (tertiary/aromatic N) is 1. The van der Waals surface area contributed by atoms with E-state index in [4.69, 9.17) is 5.26 Å². The fourth-order valence-corrected chi connectivity index (χ4v) is 2.43. The number of carbonyl (C=O) groups is 1. The molecular formula is C13H14BrN3O. The molecule has 94 valence electrons. The smallest absolute Gasteiger partial charge is 0.224 e. The standard InChI is InChI=1S/C13H14BrN3O/c14-11-1-2-12(10(6-11)7-15)17-13(18)5-9-3-4-16-8-9/h1-2,6,9,16H,3-5,8H2,(H,17,18). The van der Waals surface area contributed by atoms with Crippen LogP contribution in [0.5, 0.6) is 0 Å². The summed E-state index contributed by atoms with van der Waals surface area (Å²) in [6, 6.07) is 7.34. The lowest BCUT2D eigenvalue weighted by Gasteiger charge is -2.10. The van der Waals surface area contributed by atoms with Crippen molar-refractivity contribution >= 4 is 27.5 Å². The molecule has 1 aromatic carbocycles. The molecule has 4 nitrogen and oxygen atoms in total. The molecule has 1 aromatic rings. The molecule has 2 rings (SSSR count). The predicted molar refractivity (Wildman–Crippen MR) is 73.1 cm³/mol. The van der Waals surface area contributed by atoms with Gasteiger partial charge in [0.25, 0.3) is 0 Å². The zero-order chi connectivity index (χ0) is 13.0. The Balaban J connectivity index is 2.00. The maximum absolute atomic E-state index is 11.9. The highest BCUT2D eigenvalue weighted by Gasteiger charge is 2.18. The van der Waals surface area contributed by atoms with Crippen LogP contribution in [0, 0.1) is 17.2 Å². The van der Waals surface area contributed by atoms with Crippen molar-refractivity contribution in [2.45, 2.75) is 12.8 Å². The van der Waals surface area contributed by atoms with E-state index in [1.807, 2.05) is 6.07 Å². The van der Waals surface area contributed by atoms with Crippen LogP contribution < -0.4 is 10.6 Å². The molecule has 0 saturated carbocycles. The van der Waals surface area contributed by atoms with Crippen molar-refractivity contribution in [1.29, 1.82) is 5.26 Å². The summed E-state index contributed by atoms with van der Waals surface area (Å²) in [6.45, 7) is 1.89. The molecular weight excluding hydrogens is 294 g/mol. The third-order valence-electron chi connectivity index (χ3n) is 3.01. The first-order valence-corrected chi connectivity index (χ1v) is 6.68.